The highest BCUT2D eigenvalue weighted by atomic mass is 16.7. The lowest BCUT2D eigenvalue weighted by atomic mass is 9.94. The number of benzene rings is 2. The molecule has 1 fully saturated rings. The standard InChI is InChI=1S/C22H24O12/c1-31-21-11(26)6-14-16(18(21)28)10(25)5-13(32-14)9-4-8(24)2-3-12(9)33-22-20(30)19(29)17(27)15(7-23)34-22/h2-4,6,13,15,17,19-20,22-24,26-30H,5,7H2,1H3/t13-,15+,17+,19+,20+,22+/m1/s1. The first-order chi connectivity index (χ1) is 16.2. The number of rotatable bonds is 5. The van der Waals surface area contributed by atoms with Crippen LogP contribution >= 0.6 is 0 Å². The highest BCUT2D eigenvalue weighted by Gasteiger charge is 2.45. The SMILES string of the molecule is COc1c(O)cc2c(c1O)C(=O)C[C@H](c1cc(O)ccc1O[C@H]1O[C@@H](CO)[C@H](O)[C@H](O)[C@@H]1O)O2. The van der Waals surface area contributed by atoms with Crippen molar-refractivity contribution >= 4 is 5.78 Å². The summed E-state index contributed by atoms with van der Waals surface area (Å²) in [7, 11) is 1.22. The minimum atomic E-state index is -1.68. The van der Waals surface area contributed by atoms with Gasteiger partial charge in [-0.1, -0.05) is 0 Å². The summed E-state index contributed by atoms with van der Waals surface area (Å²) in [6, 6.07) is 4.95. The zero-order chi connectivity index (χ0) is 24.7. The quantitative estimate of drug-likeness (QED) is 0.295. The molecule has 184 valence electrons. The number of ether oxygens (including phenoxy) is 4. The van der Waals surface area contributed by atoms with Crippen molar-refractivity contribution in [2.24, 2.45) is 0 Å². The third-order valence-electron chi connectivity index (χ3n) is 5.75. The minimum Gasteiger partial charge on any atom is -0.508 e. The Balaban J connectivity index is 1.67. The molecular formula is C22H24O12. The van der Waals surface area contributed by atoms with Crippen LogP contribution in [0.3, 0.4) is 0 Å². The van der Waals surface area contributed by atoms with Gasteiger partial charge in [-0.2, -0.15) is 0 Å². The van der Waals surface area contributed by atoms with Gasteiger partial charge in [0.2, 0.25) is 12.0 Å². The monoisotopic (exact) mass is 480 g/mol. The van der Waals surface area contributed by atoms with E-state index in [1.807, 2.05) is 0 Å². The van der Waals surface area contributed by atoms with Crippen molar-refractivity contribution in [1.82, 2.24) is 0 Å². The lowest BCUT2D eigenvalue weighted by Crippen LogP contribution is -2.60. The lowest BCUT2D eigenvalue weighted by molar-refractivity contribution is -0.277. The Kier molecular flexibility index (Phi) is 6.43. The van der Waals surface area contributed by atoms with Crippen molar-refractivity contribution in [2.45, 2.75) is 43.2 Å². The molecule has 7 N–H and O–H groups in total. The molecule has 2 heterocycles. The maximum atomic E-state index is 12.8. The van der Waals surface area contributed by atoms with Gasteiger partial charge in [0.25, 0.3) is 0 Å². The molecule has 6 atom stereocenters. The summed E-state index contributed by atoms with van der Waals surface area (Å²) >= 11 is 0. The van der Waals surface area contributed by atoms with Gasteiger partial charge in [0.1, 0.15) is 53.3 Å². The number of ketones is 1. The smallest absolute Gasteiger partial charge is 0.229 e. The van der Waals surface area contributed by atoms with E-state index in [2.05, 4.69) is 0 Å². The second-order valence-corrected chi connectivity index (χ2v) is 7.92. The Morgan fingerprint density at radius 1 is 1.06 bits per heavy atom. The second-order valence-electron chi connectivity index (χ2n) is 7.92. The number of fused-ring (bicyclic) bond motifs is 1. The van der Waals surface area contributed by atoms with E-state index in [1.54, 1.807) is 0 Å². The Bertz CT molecular complexity index is 1080. The molecule has 1 saturated heterocycles. The highest BCUT2D eigenvalue weighted by Crippen LogP contribution is 2.49. The van der Waals surface area contributed by atoms with E-state index >= 15 is 0 Å². The summed E-state index contributed by atoms with van der Waals surface area (Å²) in [5, 5.41) is 70.0. The number of hydrogen-bond donors (Lipinski definition) is 7. The second kappa shape index (κ2) is 9.16. The van der Waals surface area contributed by atoms with Gasteiger partial charge in [0.15, 0.2) is 17.3 Å². The number of carbonyl (C=O) groups excluding carboxylic acids is 1. The number of Topliss-reactive ketones (excluding diaryl/α,β-unsaturated/α-hetero) is 1. The van der Waals surface area contributed by atoms with Gasteiger partial charge in [-0.05, 0) is 18.2 Å². The average molecular weight is 480 g/mol. The molecule has 2 aliphatic heterocycles. The van der Waals surface area contributed by atoms with Crippen molar-refractivity contribution in [3.63, 3.8) is 0 Å². The van der Waals surface area contributed by atoms with Crippen molar-refractivity contribution in [2.75, 3.05) is 13.7 Å². The van der Waals surface area contributed by atoms with E-state index < -0.39 is 60.7 Å². The Hall–Kier alpha value is -3.29. The Morgan fingerprint density at radius 3 is 2.47 bits per heavy atom. The number of phenolic OH excluding ortho intramolecular Hbond substituents is 3. The minimum absolute atomic E-state index is 0.00494. The predicted octanol–water partition coefficient (Wildman–Crippen LogP) is -0.303. The summed E-state index contributed by atoms with van der Waals surface area (Å²) in [6.07, 6.45) is -8.98. The normalized spacial score (nSPS) is 28.7. The van der Waals surface area contributed by atoms with Crippen LogP contribution in [0.2, 0.25) is 0 Å². The number of carbonyl (C=O) groups is 1. The number of aliphatic hydroxyl groups is 4. The molecule has 0 aliphatic carbocycles. The molecule has 12 nitrogen and oxygen atoms in total. The molecule has 0 radical (unpaired) electrons. The molecule has 2 aliphatic rings. The van der Waals surface area contributed by atoms with Gasteiger partial charge < -0.3 is 54.7 Å². The van der Waals surface area contributed by atoms with Crippen molar-refractivity contribution in [3.05, 3.63) is 35.4 Å². The molecule has 34 heavy (non-hydrogen) atoms. The number of phenols is 3. The van der Waals surface area contributed by atoms with Crippen LogP contribution in [0.5, 0.6) is 34.5 Å². The van der Waals surface area contributed by atoms with Crippen molar-refractivity contribution in [1.29, 1.82) is 0 Å². The van der Waals surface area contributed by atoms with Crippen LogP contribution in [0.25, 0.3) is 0 Å². The summed E-state index contributed by atoms with van der Waals surface area (Å²) in [4.78, 5) is 12.8. The molecular weight excluding hydrogens is 456 g/mol. The molecule has 0 spiro atoms. The molecule has 0 saturated carbocycles. The number of aliphatic hydroxyl groups excluding tert-OH is 4. The van der Waals surface area contributed by atoms with E-state index in [1.165, 1.54) is 25.3 Å². The first-order valence-electron chi connectivity index (χ1n) is 10.3. The van der Waals surface area contributed by atoms with E-state index in [-0.39, 0.29) is 40.5 Å². The van der Waals surface area contributed by atoms with Crippen LogP contribution in [-0.4, -0.2) is 86.0 Å². The first kappa shape index (κ1) is 23.9. The zero-order valence-electron chi connectivity index (χ0n) is 17.9. The fourth-order valence-corrected chi connectivity index (χ4v) is 4.00. The van der Waals surface area contributed by atoms with Crippen LogP contribution in [0.4, 0.5) is 0 Å². The van der Waals surface area contributed by atoms with Crippen LogP contribution < -0.4 is 14.2 Å². The molecule has 0 unspecified atom stereocenters. The van der Waals surface area contributed by atoms with Gasteiger partial charge in [-0.25, -0.2) is 0 Å². The van der Waals surface area contributed by atoms with Crippen LogP contribution in [0.1, 0.15) is 28.4 Å². The Morgan fingerprint density at radius 2 is 1.79 bits per heavy atom. The maximum absolute atomic E-state index is 12.8. The molecule has 0 aromatic heterocycles. The van der Waals surface area contributed by atoms with Gasteiger partial charge >= 0.3 is 0 Å². The first-order valence-corrected chi connectivity index (χ1v) is 10.3. The van der Waals surface area contributed by atoms with Gasteiger partial charge in [0, 0.05) is 11.6 Å². The fraction of sp³-hybridized carbons (Fsp3) is 0.409. The number of methoxy groups -OCH3 is 1. The van der Waals surface area contributed by atoms with Crippen LogP contribution in [0.15, 0.2) is 24.3 Å². The molecule has 4 rings (SSSR count). The van der Waals surface area contributed by atoms with Crippen LogP contribution in [0, 0.1) is 0 Å². The van der Waals surface area contributed by atoms with Gasteiger partial charge in [-0.15, -0.1) is 0 Å². The topological polar surface area (TPSA) is 196 Å². The number of aromatic hydroxyl groups is 3. The van der Waals surface area contributed by atoms with E-state index in [4.69, 9.17) is 18.9 Å². The van der Waals surface area contributed by atoms with Gasteiger partial charge in [-0.3, -0.25) is 4.79 Å². The zero-order valence-corrected chi connectivity index (χ0v) is 17.9. The third-order valence-corrected chi connectivity index (χ3v) is 5.75. The number of hydrogen-bond acceptors (Lipinski definition) is 12. The molecule has 0 amide bonds. The van der Waals surface area contributed by atoms with Crippen LogP contribution in [-0.2, 0) is 4.74 Å². The lowest BCUT2D eigenvalue weighted by Gasteiger charge is -2.40. The summed E-state index contributed by atoms with van der Waals surface area (Å²) < 4.78 is 21.8. The average Bonchev–Trinajstić information content (AvgIpc) is 2.80. The summed E-state index contributed by atoms with van der Waals surface area (Å²) in [5.74, 6) is -2.17. The van der Waals surface area contributed by atoms with Gasteiger partial charge in [0.05, 0.1) is 20.1 Å². The molecule has 0 bridgehead atoms. The maximum Gasteiger partial charge on any atom is 0.229 e. The Labute approximate surface area is 192 Å². The molecule has 2 aromatic rings. The van der Waals surface area contributed by atoms with E-state index in [0.29, 0.717) is 0 Å². The summed E-state index contributed by atoms with van der Waals surface area (Å²) in [6.45, 7) is -0.652. The van der Waals surface area contributed by atoms with Crippen molar-refractivity contribution in [3.8, 4) is 34.5 Å². The third kappa shape index (κ3) is 4.06. The fourth-order valence-electron chi connectivity index (χ4n) is 4.00. The van der Waals surface area contributed by atoms with E-state index in [9.17, 15) is 40.5 Å². The summed E-state index contributed by atoms with van der Waals surface area (Å²) in [5.41, 5.74) is -0.0202. The predicted molar refractivity (Wildman–Crippen MR) is 111 cm³/mol. The highest BCUT2D eigenvalue weighted by molar-refractivity contribution is 6.03. The molecule has 2 aromatic carbocycles. The van der Waals surface area contributed by atoms with E-state index in [0.717, 1.165) is 6.07 Å². The molecule has 12 heteroatoms. The largest absolute Gasteiger partial charge is 0.508 e. The van der Waals surface area contributed by atoms with Crippen molar-refractivity contribution < 1.29 is 59.5 Å².